The molecule has 3 atom stereocenters. The summed E-state index contributed by atoms with van der Waals surface area (Å²) < 4.78 is 10.9. The highest BCUT2D eigenvalue weighted by atomic mass is 16.7. The van der Waals surface area contributed by atoms with E-state index in [2.05, 4.69) is 41.5 Å². The number of rotatable bonds is 4. The van der Waals surface area contributed by atoms with Crippen molar-refractivity contribution in [2.75, 3.05) is 13.3 Å². The smallest absolute Gasteiger partial charge is 0.231 e. The van der Waals surface area contributed by atoms with Crippen molar-refractivity contribution in [3.63, 3.8) is 0 Å². The molecule has 0 spiro atoms. The molecule has 1 fully saturated rings. The largest absolute Gasteiger partial charge is 0.454 e. The van der Waals surface area contributed by atoms with Crippen molar-refractivity contribution in [3.8, 4) is 11.5 Å². The van der Waals surface area contributed by atoms with Gasteiger partial charge in [0, 0.05) is 30.4 Å². The van der Waals surface area contributed by atoms with Crippen LogP contribution >= 0.6 is 0 Å². The topological polar surface area (TPSA) is 43.4 Å². The molecule has 3 unspecified atom stereocenters. The van der Waals surface area contributed by atoms with Crippen LogP contribution < -0.4 is 14.8 Å². The van der Waals surface area contributed by atoms with Gasteiger partial charge >= 0.3 is 0 Å². The third-order valence-electron chi connectivity index (χ3n) is 5.13. The fourth-order valence-corrected chi connectivity index (χ4v) is 3.71. The van der Waals surface area contributed by atoms with E-state index in [0.717, 1.165) is 30.9 Å². The number of aromatic nitrogens is 1. The molecule has 23 heavy (non-hydrogen) atoms. The zero-order valence-corrected chi connectivity index (χ0v) is 13.4. The van der Waals surface area contributed by atoms with E-state index in [1.54, 1.807) is 0 Å². The van der Waals surface area contributed by atoms with Crippen LogP contribution in [0.4, 0.5) is 0 Å². The molecule has 0 bridgehead atoms. The lowest BCUT2D eigenvalue weighted by Crippen LogP contribution is -2.26. The molecule has 3 heterocycles. The second-order valence-electron chi connectivity index (χ2n) is 6.45. The number of hydrogen-bond acceptors (Lipinski definition) is 4. The normalized spacial score (nSPS) is 25.7. The van der Waals surface area contributed by atoms with E-state index >= 15 is 0 Å². The Morgan fingerprint density at radius 2 is 2.09 bits per heavy atom. The molecule has 0 radical (unpaired) electrons. The van der Waals surface area contributed by atoms with Gasteiger partial charge in [-0.25, -0.2) is 0 Å². The molecule has 4 heteroatoms. The van der Waals surface area contributed by atoms with E-state index in [9.17, 15) is 0 Å². The Balaban J connectivity index is 1.42. The average molecular weight is 310 g/mol. The standard InChI is InChI=1S/C19H22N2O2/c1-13-16(14-5-8-18-19(10-14)23-12-22-18)11-21-17(13)7-6-15-4-2-3-9-20-15/h2-5,8-10,13,16-17,21H,6-7,11-12H2,1H3. The quantitative estimate of drug-likeness (QED) is 0.942. The summed E-state index contributed by atoms with van der Waals surface area (Å²) in [6.07, 6.45) is 4.02. The summed E-state index contributed by atoms with van der Waals surface area (Å²) in [5.74, 6) is 2.86. The lowest BCUT2D eigenvalue weighted by Gasteiger charge is -2.20. The average Bonchev–Trinajstić information content (AvgIpc) is 3.19. The molecule has 4 rings (SSSR count). The van der Waals surface area contributed by atoms with Crippen molar-refractivity contribution in [1.29, 1.82) is 0 Å². The van der Waals surface area contributed by atoms with Gasteiger partial charge in [0.15, 0.2) is 11.5 Å². The predicted octanol–water partition coefficient (Wildman–Crippen LogP) is 3.13. The third kappa shape index (κ3) is 2.91. The molecule has 2 aromatic rings. The van der Waals surface area contributed by atoms with Gasteiger partial charge in [0.25, 0.3) is 0 Å². The summed E-state index contributed by atoms with van der Waals surface area (Å²) in [6, 6.07) is 13.0. The number of nitrogens with one attached hydrogen (secondary N) is 1. The number of fused-ring (bicyclic) bond motifs is 1. The molecular formula is C19H22N2O2. The van der Waals surface area contributed by atoms with Gasteiger partial charge in [0.1, 0.15) is 0 Å². The summed E-state index contributed by atoms with van der Waals surface area (Å²) in [5.41, 5.74) is 2.52. The van der Waals surface area contributed by atoms with Gasteiger partial charge in [-0.3, -0.25) is 4.98 Å². The Kier molecular flexibility index (Phi) is 3.92. The molecular weight excluding hydrogens is 288 g/mol. The minimum Gasteiger partial charge on any atom is -0.454 e. The SMILES string of the molecule is CC1C(CCc2ccccn2)NCC1c1ccc2c(c1)OCO2. The van der Waals surface area contributed by atoms with Crippen LogP contribution in [0, 0.1) is 5.92 Å². The molecule has 1 aromatic heterocycles. The Morgan fingerprint density at radius 1 is 1.17 bits per heavy atom. The van der Waals surface area contributed by atoms with Crippen molar-refractivity contribution in [2.24, 2.45) is 5.92 Å². The van der Waals surface area contributed by atoms with Crippen LogP contribution in [0.5, 0.6) is 11.5 Å². The van der Waals surface area contributed by atoms with Crippen LogP contribution in [0.1, 0.15) is 30.5 Å². The molecule has 2 aliphatic rings. The maximum atomic E-state index is 5.52. The summed E-state index contributed by atoms with van der Waals surface area (Å²) in [7, 11) is 0. The highest BCUT2D eigenvalue weighted by molar-refractivity contribution is 5.45. The van der Waals surface area contributed by atoms with Gasteiger partial charge in [-0.1, -0.05) is 19.1 Å². The van der Waals surface area contributed by atoms with Crippen LogP contribution in [-0.4, -0.2) is 24.4 Å². The fraction of sp³-hybridized carbons (Fsp3) is 0.421. The number of pyridine rings is 1. The molecule has 0 saturated carbocycles. The monoisotopic (exact) mass is 310 g/mol. The summed E-state index contributed by atoms with van der Waals surface area (Å²) in [5, 5.41) is 3.69. The zero-order chi connectivity index (χ0) is 15.6. The Bertz CT molecular complexity index is 674. The number of nitrogens with zero attached hydrogens (tertiary/aromatic N) is 1. The molecule has 1 N–H and O–H groups in total. The Labute approximate surface area is 136 Å². The van der Waals surface area contributed by atoms with Gasteiger partial charge in [-0.05, 0) is 48.6 Å². The zero-order valence-electron chi connectivity index (χ0n) is 13.4. The predicted molar refractivity (Wildman–Crippen MR) is 88.8 cm³/mol. The van der Waals surface area contributed by atoms with E-state index in [1.807, 2.05) is 18.3 Å². The first kappa shape index (κ1) is 14.5. The van der Waals surface area contributed by atoms with Crippen LogP contribution in [-0.2, 0) is 6.42 Å². The highest BCUT2D eigenvalue weighted by Crippen LogP contribution is 2.39. The maximum absolute atomic E-state index is 5.52. The van der Waals surface area contributed by atoms with Crippen LogP contribution in [0.2, 0.25) is 0 Å². The minimum atomic E-state index is 0.337. The van der Waals surface area contributed by atoms with Crippen molar-refractivity contribution in [1.82, 2.24) is 10.3 Å². The van der Waals surface area contributed by atoms with E-state index in [-0.39, 0.29) is 0 Å². The molecule has 120 valence electrons. The van der Waals surface area contributed by atoms with Crippen LogP contribution in [0.15, 0.2) is 42.6 Å². The van der Waals surface area contributed by atoms with Gasteiger partial charge in [-0.15, -0.1) is 0 Å². The van der Waals surface area contributed by atoms with E-state index in [0.29, 0.717) is 24.7 Å². The Hall–Kier alpha value is -2.07. The molecule has 1 aromatic carbocycles. The van der Waals surface area contributed by atoms with Gasteiger partial charge in [0.2, 0.25) is 6.79 Å². The Morgan fingerprint density at radius 3 is 2.96 bits per heavy atom. The summed E-state index contributed by atoms with van der Waals surface area (Å²) in [6.45, 7) is 3.70. The summed E-state index contributed by atoms with van der Waals surface area (Å²) in [4.78, 5) is 4.42. The second kappa shape index (κ2) is 6.20. The van der Waals surface area contributed by atoms with E-state index in [1.165, 1.54) is 11.3 Å². The first-order valence-corrected chi connectivity index (χ1v) is 8.34. The number of benzene rings is 1. The molecule has 4 nitrogen and oxygen atoms in total. The number of hydrogen-bond donors (Lipinski definition) is 1. The van der Waals surface area contributed by atoms with Gasteiger partial charge in [0.05, 0.1) is 0 Å². The first-order valence-electron chi connectivity index (χ1n) is 8.34. The third-order valence-corrected chi connectivity index (χ3v) is 5.13. The molecule has 0 aliphatic carbocycles. The second-order valence-corrected chi connectivity index (χ2v) is 6.45. The van der Waals surface area contributed by atoms with E-state index in [4.69, 9.17) is 9.47 Å². The van der Waals surface area contributed by atoms with Crippen molar-refractivity contribution in [3.05, 3.63) is 53.9 Å². The van der Waals surface area contributed by atoms with Crippen LogP contribution in [0.3, 0.4) is 0 Å². The fourth-order valence-electron chi connectivity index (χ4n) is 3.71. The molecule has 2 aliphatic heterocycles. The first-order chi connectivity index (χ1) is 11.3. The lowest BCUT2D eigenvalue weighted by molar-refractivity contribution is 0.174. The van der Waals surface area contributed by atoms with Crippen LogP contribution in [0.25, 0.3) is 0 Å². The van der Waals surface area contributed by atoms with Gasteiger partial charge < -0.3 is 14.8 Å². The minimum absolute atomic E-state index is 0.337. The van der Waals surface area contributed by atoms with Gasteiger partial charge in [-0.2, -0.15) is 0 Å². The molecule has 1 saturated heterocycles. The van der Waals surface area contributed by atoms with E-state index < -0.39 is 0 Å². The lowest BCUT2D eigenvalue weighted by atomic mass is 9.85. The highest BCUT2D eigenvalue weighted by Gasteiger charge is 2.33. The molecule has 0 amide bonds. The van der Waals surface area contributed by atoms with Crippen molar-refractivity contribution < 1.29 is 9.47 Å². The number of aryl methyl sites for hydroxylation is 1. The summed E-state index contributed by atoms with van der Waals surface area (Å²) >= 11 is 0. The number of ether oxygens (including phenoxy) is 2. The maximum Gasteiger partial charge on any atom is 0.231 e. The van der Waals surface area contributed by atoms with Crippen molar-refractivity contribution in [2.45, 2.75) is 31.7 Å². The van der Waals surface area contributed by atoms with Crippen molar-refractivity contribution >= 4 is 0 Å².